The Bertz CT molecular complexity index is 242. The van der Waals surface area contributed by atoms with E-state index in [-0.39, 0.29) is 58.4 Å². The quantitative estimate of drug-likeness (QED) is 0.355. The van der Waals surface area contributed by atoms with Gasteiger partial charge in [-0.1, -0.05) is 0 Å². The first-order valence-electron chi connectivity index (χ1n) is 3.17. The van der Waals surface area contributed by atoms with Crippen LogP contribution in [-0.2, 0) is 14.4 Å². The number of hydrogen-bond acceptors (Lipinski definition) is 4. The molecule has 0 radical (unpaired) electrons. The second-order valence-electron chi connectivity index (χ2n) is 2.48. The van der Waals surface area contributed by atoms with Crippen molar-refractivity contribution in [3.63, 3.8) is 0 Å². The summed E-state index contributed by atoms with van der Waals surface area (Å²) >= 11 is 0. The van der Waals surface area contributed by atoms with Gasteiger partial charge in [0.25, 0.3) is 0 Å². The molecule has 0 unspecified atom stereocenters. The van der Waals surface area contributed by atoms with Crippen molar-refractivity contribution >= 4 is 17.9 Å². The zero-order chi connectivity index (χ0) is 10.6. The molecule has 0 rings (SSSR count). The van der Waals surface area contributed by atoms with Crippen LogP contribution in [0.1, 0.15) is 14.3 Å². The molecular weight excluding hydrogens is 287 g/mol. The van der Waals surface area contributed by atoms with Gasteiger partial charge in [-0.15, -0.1) is 0 Å². The Labute approximate surface area is 130 Å². The molecule has 0 amide bonds. The molecule has 13 heteroatoms. The minimum atomic E-state index is -2.74. The van der Waals surface area contributed by atoms with E-state index in [9.17, 15) is 14.4 Å². The third-order valence-corrected chi connectivity index (χ3v) is 1.29. The van der Waals surface area contributed by atoms with Gasteiger partial charge in [-0.05, 0) is 0 Å². The molecule has 0 aliphatic rings. The molecule has 14 N–H and O–H groups in total. The predicted octanol–water partition coefficient (Wildman–Crippen LogP) is -8.26. The predicted molar refractivity (Wildman–Crippen MR) is 56.3 cm³/mol. The molecule has 12 nitrogen and oxygen atoms in total. The van der Waals surface area contributed by atoms with Crippen LogP contribution in [0.15, 0.2) is 0 Å². The molecule has 0 aromatic heterocycles. The van der Waals surface area contributed by atoms with Gasteiger partial charge < -0.3 is 49.2 Å². The monoisotopic (exact) mass is 306 g/mol. The van der Waals surface area contributed by atoms with Gasteiger partial charge in [0.05, 0.1) is 12.8 Å². The number of carboxylic acid groups (broad SMARTS) is 3. The molecule has 0 aromatic carbocycles. The van der Waals surface area contributed by atoms with Crippen molar-refractivity contribution in [2.45, 2.75) is 18.4 Å². The largest absolute Gasteiger partial charge is 1.00 e. The fraction of sp³-hybridized carbons (Fsp3) is 0.500. The van der Waals surface area contributed by atoms with Crippen molar-refractivity contribution < 1.29 is 93.2 Å². The molecule has 0 aromatic rings. The van der Waals surface area contributed by atoms with E-state index in [1.807, 2.05) is 0 Å². The Morgan fingerprint density at radius 1 is 0.789 bits per heavy atom. The maximum absolute atomic E-state index is 10.3. The normalized spacial score (nSPS) is 7.42. The van der Waals surface area contributed by atoms with Gasteiger partial charge in [0, 0.05) is 0 Å². The maximum atomic E-state index is 10.3. The Morgan fingerprint density at radius 2 is 1.00 bits per heavy atom. The van der Waals surface area contributed by atoms with Crippen LogP contribution in [0.3, 0.4) is 0 Å². The van der Waals surface area contributed by atoms with Crippen LogP contribution in [0.5, 0.6) is 0 Å². The van der Waals surface area contributed by atoms with Crippen molar-refractivity contribution in [2.24, 2.45) is 0 Å². The Kier molecular flexibility index (Phi) is 38.8. The number of aliphatic hydroxyl groups is 1. The summed E-state index contributed by atoms with van der Waals surface area (Å²) in [6.07, 6.45) is -2.29. The smallest absolute Gasteiger partial charge is 1.00 e. The molecule has 0 saturated heterocycles. The van der Waals surface area contributed by atoms with Gasteiger partial charge >= 0.3 is 47.5 Å². The SMILES string of the molecule is O.O.O.O.O.O=C(O)CC(O)(CC(=O)O)C(=O)O.[H-].[Na+]. The third-order valence-electron chi connectivity index (χ3n) is 1.29. The molecule has 0 aliphatic heterocycles. The van der Waals surface area contributed by atoms with Crippen LogP contribution in [-0.4, -0.2) is 71.3 Å². The average Bonchev–Trinajstić information content (AvgIpc) is 1.82. The topological polar surface area (TPSA) is 290 Å². The summed E-state index contributed by atoms with van der Waals surface area (Å²) in [4.78, 5) is 30.5. The minimum absolute atomic E-state index is 0. The Hall–Kier alpha value is -0.830. The van der Waals surface area contributed by atoms with Crippen LogP contribution in [0.2, 0.25) is 0 Å². The standard InChI is InChI=1S/C6H8O7.Na.5H2O.H/c7-3(8)1-6(13,5(11)12)2-4(9)10;;;;;;;/h13H,1-2H2,(H,7,8)(H,9,10)(H,11,12);;5*1H2;/q;+1;;;;;;-1. The van der Waals surface area contributed by atoms with E-state index in [0.717, 1.165) is 0 Å². The first kappa shape index (κ1) is 42.9. The van der Waals surface area contributed by atoms with E-state index in [0.29, 0.717) is 0 Å². The first-order chi connectivity index (χ1) is 5.78. The van der Waals surface area contributed by atoms with Gasteiger partial charge in [-0.3, -0.25) is 9.59 Å². The third kappa shape index (κ3) is 17.2. The zero-order valence-corrected chi connectivity index (χ0v) is 11.9. The molecule has 0 atom stereocenters. The minimum Gasteiger partial charge on any atom is -1.00 e. The molecule has 0 fully saturated rings. The number of rotatable bonds is 5. The molecule has 0 heterocycles. The van der Waals surface area contributed by atoms with E-state index >= 15 is 0 Å². The van der Waals surface area contributed by atoms with Gasteiger partial charge in [0.1, 0.15) is 0 Å². The molecule has 0 saturated carbocycles. The number of aliphatic carboxylic acids is 3. The Balaban J connectivity index is -0.0000000343. The number of carboxylic acids is 3. The summed E-state index contributed by atoms with van der Waals surface area (Å²) in [6, 6.07) is 0. The van der Waals surface area contributed by atoms with Crippen LogP contribution in [0, 0.1) is 0 Å². The van der Waals surface area contributed by atoms with Crippen molar-refractivity contribution in [2.75, 3.05) is 0 Å². The van der Waals surface area contributed by atoms with Crippen molar-refractivity contribution in [1.29, 1.82) is 0 Å². The van der Waals surface area contributed by atoms with E-state index in [4.69, 9.17) is 20.4 Å². The fourth-order valence-corrected chi connectivity index (χ4v) is 0.714. The van der Waals surface area contributed by atoms with Crippen LogP contribution >= 0.6 is 0 Å². The van der Waals surface area contributed by atoms with Gasteiger partial charge in [0.2, 0.25) is 0 Å². The van der Waals surface area contributed by atoms with E-state index in [1.54, 1.807) is 0 Å². The van der Waals surface area contributed by atoms with Crippen LogP contribution in [0.25, 0.3) is 0 Å². The van der Waals surface area contributed by atoms with E-state index in [1.165, 1.54) is 0 Å². The summed E-state index contributed by atoms with van der Waals surface area (Å²) in [5.41, 5.74) is -2.74. The first-order valence-corrected chi connectivity index (χ1v) is 3.17. The Morgan fingerprint density at radius 3 is 1.11 bits per heavy atom. The molecule has 0 spiro atoms. The van der Waals surface area contributed by atoms with Gasteiger partial charge in [0.15, 0.2) is 5.60 Å². The van der Waals surface area contributed by atoms with E-state index < -0.39 is 36.4 Å². The zero-order valence-electron chi connectivity index (χ0n) is 10.9. The molecule has 0 bridgehead atoms. The number of hydrogen-bond donors (Lipinski definition) is 4. The second-order valence-corrected chi connectivity index (χ2v) is 2.48. The van der Waals surface area contributed by atoms with Gasteiger partial charge in [-0.2, -0.15) is 0 Å². The molecule has 0 aliphatic carbocycles. The average molecular weight is 306 g/mol. The summed E-state index contributed by atoms with van der Waals surface area (Å²) < 4.78 is 0. The van der Waals surface area contributed by atoms with Gasteiger partial charge in [-0.25, -0.2) is 4.79 Å². The maximum Gasteiger partial charge on any atom is 1.00 e. The summed E-state index contributed by atoms with van der Waals surface area (Å²) in [7, 11) is 0. The summed E-state index contributed by atoms with van der Waals surface area (Å²) in [5, 5.41) is 33.8. The van der Waals surface area contributed by atoms with Crippen molar-refractivity contribution in [3.8, 4) is 0 Å². The fourth-order valence-electron chi connectivity index (χ4n) is 0.714. The molecule has 116 valence electrons. The van der Waals surface area contributed by atoms with Crippen molar-refractivity contribution in [3.05, 3.63) is 0 Å². The second kappa shape index (κ2) is 17.2. The van der Waals surface area contributed by atoms with Crippen LogP contribution in [0.4, 0.5) is 0 Å². The van der Waals surface area contributed by atoms with E-state index in [2.05, 4.69) is 0 Å². The number of carbonyl (C=O) groups is 3. The molecule has 19 heavy (non-hydrogen) atoms. The molecular formula is C6H19NaO12. The van der Waals surface area contributed by atoms with Crippen LogP contribution < -0.4 is 29.6 Å². The summed E-state index contributed by atoms with van der Waals surface area (Å²) in [5.74, 6) is -5.02. The van der Waals surface area contributed by atoms with Crippen molar-refractivity contribution in [1.82, 2.24) is 0 Å². The summed E-state index contributed by atoms with van der Waals surface area (Å²) in [6.45, 7) is 0.